The number of thiocarbonyl (C=S) groups is 1. The molecule has 0 aromatic heterocycles. The average Bonchev–Trinajstić information content (AvgIpc) is 2.90. The predicted octanol–water partition coefficient (Wildman–Crippen LogP) is 5.47. The molecule has 1 amide bonds. The van der Waals surface area contributed by atoms with Crippen LogP contribution in [0, 0.1) is 26.7 Å². The van der Waals surface area contributed by atoms with Gasteiger partial charge < -0.3 is 29.7 Å². The number of ether oxygens (including phenoxy) is 3. The molecular formula is C31H35N3O4S. The Hall–Kier alpha value is -3.78. The Morgan fingerprint density at radius 2 is 1.74 bits per heavy atom. The molecule has 3 aromatic rings. The van der Waals surface area contributed by atoms with Crippen LogP contribution in [-0.4, -0.2) is 42.4 Å². The van der Waals surface area contributed by atoms with Crippen molar-refractivity contribution >= 4 is 28.9 Å². The van der Waals surface area contributed by atoms with Gasteiger partial charge in [0.15, 0.2) is 22.3 Å². The standard InChI is InChI=1S/C31H35N3O4S/c1-18-7-10-23(20(3)15-18)32-29(35)27-28-22-16-19(2)8-11-24(22)38-31(27,4)34(30(39)33-28)14-13-21-9-12-25(36-5)26(17-21)37-6/h7-12,15-17,27-28H,13-14H2,1-6H3,(H,32,35)(H,33,39)/t27-,28+,31+/m0/s1. The van der Waals surface area contributed by atoms with Crippen LogP contribution in [-0.2, 0) is 11.2 Å². The fourth-order valence-electron chi connectivity index (χ4n) is 5.73. The number of fused-ring (bicyclic) bond motifs is 4. The smallest absolute Gasteiger partial charge is 0.236 e. The summed E-state index contributed by atoms with van der Waals surface area (Å²) in [5, 5.41) is 7.24. The van der Waals surface area contributed by atoms with E-state index in [1.165, 1.54) is 0 Å². The van der Waals surface area contributed by atoms with E-state index in [0.29, 0.717) is 29.6 Å². The van der Waals surface area contributed by atoms with Gasteiger partial charge in [0.25, 0.3) is 0 Å². The molecule has 0 spiro atoms. The van der Waals surface area contributed by atoms with Gasteiger partial charge in [0.1, 0.15) is 11.7 Å². The first-order valence-corrected chi connectivity index (χ1v) is 13.5. The first kappa shape index (κ1) is 26.8. The Kier molecular flexibility index (Phi) is 7.16. The molecule has 1 fully saturated rings. The molecule has 5 rings (SSSR count). The van der Waals surface area contributed by atoms with Gasteiger partial charge in [-0.1, -0.05) is 41.5 Å². The van der Waals surface area contributed by atoms with E-state index in [1.54, 1.807) is 14.2 Å². The van der Waals surface area contributed by atoms with Crippen molar-refractivity contribution in [3.8, 4) is 17.2 Å². The summed E-state index contributed by atoms with van der Waals surface area (Å²) in [6, 6.07) is 17.7. The Morgan fingerprint density at radius 1 is 1.03 bits per heavy atom. The zero-order chi connectivity index (χ0) is 27.9. The number of nitrogens with zero attached hydrogens (tertiary/aromatic N) is 1. The molecule has 204 valence electrons. The van der Waals surface area contributed by atoms with Gasteiger partial charge in [0, 0.05) is 17.8 Å². The monoisotopic (exact) mass is 545 g/mol. The van der Waals surface area contributed by atoms with Gasteiger partial charge in [-0.05, 0) is 81.7 Å². The third kappa shape index (κ3) is 4.89. The summed E-state index contributed by atoms with van der Waals surface area (Å²) in [5.41, 5.74) is 5.04. The summed E-state index contributed by atoms with van der Waals surface area (Å²) in [7, 11) is 3.25. The lowest BCUT2D eigenvalue weighted by molar-refractivity contribution is -0.149. The largest absolute Gasteiger partial charge is 0.493 e. The van der Waals surface area contributed by atoms with Crippen molar-refractivity contribution in [3.05, 3.63) is 82.4 Å². The molecule has 3 atom stereocenters. The maximum absolute atomic E-state index is 14.1. The minimum Gasteiger partial charge on any atom is -0.493 e. The Bertz CT molecular complexity index is 1440. The lowest BCUT2D eigenvalue weighted by Crippen LogP contribution is -2.71. The van der Waals surface area contributed by atoms with Crippen LogP contribution in [0.1, 0.15) is 40.8 Å². The molecule has 0 unspecified atom stereocenters. The summed E-state index contributed by atoms with van der Waals surface area (Å²) < 4.78 is 17.6. The van der Waals surface area contributed by atoms with Crippen LogP contribution in [0.2, 0.25) is 0 Å². The van der Waals surface area contributed by atoms with Crippen LogP contribution in [0.3, 0.4) is 0 Å². The van der Waals surface area contributed by atoms with Crippen molar-refractivity contribution in [1.29, 1.82) is 0 Å². The molecule has 8 heteroatoms. The molecule has 0 saturated carbocycles. The lowest BCUT2D eigenvalue weighted by Gasteiger charge is -2.56. The second-order valence-electron chi connectivity index (χ2n) is 10.5. The molecule has 2 aliphatic heterocycles. The summed E-state index contributed by atoms with van der Waals surface area (Å²) >= 11 is 5.88. The second kappa shape index (κ2) is 10.4. The maximum atomic E-state index is 14.1. The van der Waals surface area contributed by atoms with Gasteiger partial charge in [0.2, 0.25) is 5.91 Å². The van der Waals surface area contributed by atoms with Gasteiger partial charge in [-0.25, -0.2) is 0 Å². The highest BCUT2D eigenvalue weighted by molar-refractivity contribution is 7.80. The highest BCUT2D eigenvalue weighted by Crippen LogP contribution is 2.49. The molecule has 2 bridgehead atoms. The molecule has 2 N–H and O–H groups in total. The number of hydrogen-bond donors (Lipinski definition) is 2. The minimum absolute atomic E-state index is 0.118. The Morgan fingerprint density at radius 3 is 2.46 bits per heavy atom. The van der Waals surface area contributed by atoms with Crippen LogP contribution >= 0.6 is 12.2 Å². The van der Waals surface area contributed by atoms with E-state index in [2.05, 4.69) is 22.8 Å². The Balaban J connectivity index is 1.49. The zero-order valence-electron chi connectivity index (χ0n) is 23.3. The molecule has 0 aliphatic carbocycles. The van der Waals surface area contributed by atoms with Crippen LogP contribution in [0.4, 0.5) is 5.69 Å². The second-order valence-corrected chi connectivity index (χ2v) is 10.9. The third-order valence-corrected chi connectivity index (χ3v) is 8.12. The zero-order valence-corrected chi connectivity index (χ0v) is 24.1. The molecule has 1 saturated heterocycles. The highest BCUT2D eigenvalue weighted by atomic mass is 32.1. The number of rotatable bonds is 7. The van der Waals surface area contributed by atoms with Crippen LogP contribution in [0.5, 0.6) is 17.2 Å². The fourth-order valence-corrected chi connectivity index (χ4v) is 6.13. The van der Waals surface area contributed by atoms with Crippen molar-refractivity contribution in [1.82, 2.24) is 10.2 Å². The van der Waals surface area contributed by atoms with Crippen molar-refractivity contribution in [2.45, 2.75) is 45.9 Å². The number of amides is 1. The molecule has 0 radical (unpaired) electrons. The maximum Gasteiger partial charge on any atom is 0.236 e. The molecule has 2 heterocycles. The summed E-state index contributed by atoms with van der Waals surface area (Å²) in [6.45, 7) is 8.59. The van der Waals surface area contributed by atoms with E-state index in [9.17, 15) is 4.79 Å². The van der Waals surface area contributed by atoms with E-state index in [-0.39, 0.29) is 11.9 Å². The van der Waals surface area contributed by atoms with E-state index in [1.807, 2.05) is 75.1 Å². The van der Waals surface area contributed by atoms with E-state index in [4.69, 9.17) is 26.4 Å². The van der Waals surface area contributed by atoms with Crippen molar-refractivity contribution in [2.75, 3.05) is 26.1 Å². The third-order valence-electron chi connectivity index (χ3n) is 7.78. The number of aryl methyl sites for hydroxylation is 3. The molecule has 39 heavy (non-hydrogen) atoms. The normalized spacial score (nSPS) is 21.4. The first-order chi connectivity index (χ1) is 18.6. The summed E-state index contributed by atoms with van der Waals surface area (Å²) in [6.07, 6.45) is 0.665. The number of methoxy groups -OCH3 is 2. The average molecular weight is 546 g/mol. The minimum atomic E-state index is -1.01. The van der Waals surface area contributed by atoms with Crippen molar-refractivity contribution in [3.63, 3.8) is 0 Å². The lowest BCUT2D eigenvalue weighted by atomic mass is 9.78. The number of carbonyl (C=O) groups excluding carboxylic acids is 1. The van der Waals surface area contributed by atoms with Crippen LogP contribution in [0.25, 0.3) is 0 Å². The van der Waals surface area contributed by atoms with Gasteiger partial charge in [-0.3, -0.25) is 4.79 Å². The summed E-state index contributed by atoms with van der Waals surface area (Å²) in [4.78, 5) is 16.1. The van der Waals surface area contributed by atoms with Gasteiger partial charge >= 0.3 is 0 Å². The highest BCUT2D eigenvalue weighted by Gasteiger charge is 2.58. The number of nitrogens with one attached hydrogen (secondary N) is 2. The number of anilines is 1. The van der Waals surface area contributed by atoms with E-state index < -0.39 is 11.6 Å². The van der Waals surface area contributed by atoms with Gasteiger partial charge in [-0.15, -0.1) is 0 Å². The quantitative estimate of drug-likeness (QED) is 0.382. The van der Waals surface area contributed by atoms with Crippen molar-refractivity contribution in [2.24, 2.45) is 5.92 Å². The molecular weight excluding hydrogens is 510 g/mol. The van der Waals surface area contributed by atoms with Gasteiger partial charge in [-0.2, -0.15) is 0 Å². The van der Waals surface area contributed by atoms with Crippen LogP contribution < -0.4 is 24.8 Å². The number of carbonyl (C=O) groups is 1. The Labute approximate surface area is 235 Å². The predicted molar refractivity (Wildman–Crippen MR) is 157 cm³/mol. The van der Waals surface area contributed by atoms with Crippen LogP contribution in [0.15, 0.2) is 54.6 Å². The molecule has 2 aliphatic rings. The first-order valence-electron chi connectivity index (χ1n) is 13.1. The summed E-state index contributed by atoms with van der Waals surface area (Å²) in [5.74, 6) is 1.42. The van der Waals surface area contributed by atoms with Crippen molar-refractivity contribution < 1.29 is 19.0 Å². The SMILES string of the molecule is COc1ccc(CCN2C(=S)N[C@@H]3c4cc(C)ccc4O[C@]2(C)[C@@H]3C(=O)Nc2ccc(C)cc2C)cc1OC. The number of benzene rings is 3. The van der Waals surface area contributed by atoms with E-state index in [0.717, 1.165) is 39.3 Å². The number of hydrogen-bond acceptors (Lipinski definition) is 5. The van der Waals surface area contributed by atoms with E-state index >= 15 is 0 Å². The van der Waals surface area contributed by atoms with Gasteiger partial charge in [0.05, 0.1) is 20.3 Å². The molecule has 7 nitrogen and oxygen atoms in total. The topological polar surface area (TPSA) is 72.1 Å². The fraction of sp³-hybridized carbons (Fsp3) is 0.355. The molecule has 3 aromatic carbocycles.